The zero-order valence-corrected chi connectivity index (χ0v) is 12.5. The Labute approximate surface area is 118 Å². The molecule has 0 aliphatic carbocycles. The van der Waals surface area contributed by atoms with E-state index >= 15 is 0 Å². The Kier molecular flexibility index (Phi) is 5.00. The first-order valence-corrected chi connectivity index (χ1v) is 7.59. The van der Waals surface area contributed by atoms with Crippen LogP contribution in [0, 0.1) is 17.8 Å². The van der Waals surface area contributed by atoms with Crippen molar-refractivity contribution in [2.24, 2.45) is 23.5 Å². The molecule has 0 radical (unpaired) electrons. The van der Waals surface area contributed by atoms with Gasteiger partial charge in [-0.15, -0.1) is 0 Å². The molecule has 4 unspecified atom stereocenters. The van der Waals surface area contributed by atoms with Crippen molar-refractivity contribution in [1.29, 1.82) is 0 Å². The Balaban J connectivity index is 1.91. The van der Waals surface area contributed by atoms with Gasteiger partial charge in [-0.25, -0.2) is 0 Å². The van der Waals surface area contributed by atoms with Gasteiger partial charge in [-0.3, -0.25) is 0 Å². The van der Waals surface area contributed by atoms with Crippen molar-refractivity contribution in [3.8, 4) is 0 Å². The highest BCUT2D eigenvalue weighted by molar-refractivity contribution is 5.19. The Hall–Kier alpha value is -0.860. The van der Waals surface area contributed by atoms with Gasteiger partial charge >= 0.3 is 0 Å². The zero-order chi connectivity index (χ0) is 13.8. The van der Waals surface area contributed by atoms with E-state index in [1.807, 2.05) is 0 Å². The van der Waals surface area contributed by atoms with Crippen molar-refractivity contribution in [2.45, 2.75) is 33.2 Å². The van der Waals surface area contributed by atoms with Gasteiger partial charge in [0.1, 0.15) is 0 Å². The molecule has 1 heterocycles. The summed E-state index contributed by atoms with van der Waals surface area (Å²) in [6.45, 7) is 10.6. The monoisotopic (exact) mass is 260 g/mol. The zero-order valence-electron chi connectivity index (χ0n) is 12.5. The topological polar surface area (TPSA) is 29.3 Å². The molecule has 1 aromatic rings. The van der Waals surface area contributed by atoms with Gasteiger partial charge in [-0.1, -0.05) is 51.1 Å². The Bertz CT molecular complexity index is 366. The third kappa shape index (κ3) is 4.05. The molecule has 106 valence electrons. The summed E-state index contributed by atoms with van der Waals surface area (Å²) in [6, 6.07) is 10.6. The molecule has 0 bridgehead atoms. The lowest BCUT2D eigenvalue weighted by Crippen LogP contribution is -2.42. The summed E-state index contributed by atoms with van der Waals surface area (Å²) < 4.78 is 0. The highest BCUT2D eigenvalue weighted by Gasteiger charge is 2.24. The predicted octanol–water partition coefficient (Wildman–Crippen LogP) is 3.30. The standard InChI is InChI=1S/C17H28N2/c1-13-9-14(2)11-19(10-13)12-15(3)17(18)16-7-5-4-6-8-16/h4-8,13-15,17H,9-12,18H2,1-3H3. The maximum absolute atomic E-state index is 6.40. The third-order valence-corrected chi connectivity index (χ3v) is 4.29. The fourth-order valence-corrected chi connectivity index (χ4v) is 3.47. The molecule has 1 aromatic carbocycles. The lowest BCUT2D eigenvalue weighted by Gasteiger charge is -2.37. The molecule has 19 heavy (non-hydrogen) atoms. The van der Waals surface area contributed by atoms with E-state index in [4.69, 9.17) is 5.73 Å². The van der Waals surface area contributed by atoms with Crippen LogP contribution < -0.4 is 5.73 Å². The first-order valence-electron chi connectivity index (χ1n) is 7.59. The minimum Gasteiger partial charge on any atom is -0.324 e. The van der Waals surface area contributed by atoms with Gasteiger partial charge in [0.15, 0.2) is 0 Å². The number of hydrogen-bond donors (Lipinski definition) is 1. The van der Waals surface area contributed by atoms with Crippen LogP contribution in [0.1, 0.15) is 38.8 Å². The second-order valence-electron chi connectivity index (χ2n) is 6.58. The Morgan fingerprint density at radius 3 is 2.32 bits per heavy atom. The number of nitrogens with two attached hydrogens (primary N) is 1. The molecule has 1 saturated heterocycles. The number of hydrogen-bond acceptors (Lipinski definition) is 2. The first kappa shape index (κ1) is 14.5. The van der Waals surface area contributed by atoms with Gasteiger partial charge in [0, 0.05) is 25.7 Å². The predicted molar refractivity (Wildman–Crippen MR) is 81.9 cm³/mol. The number of likely N-dealkylation sites (tertiary alicyclic amines) is 1. The van der Waals surface area contributed by atoms with E-state index in [-0.39, 0.29) is 6.04 Å². The third-order valence-electron chi connectivity index (χ3n) is 4.29. The van der Waals surface area contributed by atoms with Gasteiger partial charge in [-0.05, 0) is 29.7 Å². The fourth-order valence-electron chi connectivity index (χ4n) is 3.47. The van der Waals surface area contributed by atoms with E-state index in [0.29, 0.717) is 5.92 Å². The van der Waals surface area contributed by atoms with E-state index in [0.717, 1.165) is 18.4 Å². The van der Waals surface area contributed by atoms with Crippen molar-refractivity contribution in [3.63, 3.8) is 0 Å². The first-order chi connectivity index (χ1) is 9.06. The molecule has 2 heteroatoms. The fraction of sp³-hybridized carbons (Fsp3) is 0.647. The molecule has 2 rings (SSSR count). The second kappa shape index (κ2) is 6.53. The molecule has 2 N–H and O–H groups in total. The van der Waals surface area contributed by atoms with Gasteiger partial charge in [0.2, 0.25) is 0 Å². The maximum atomic E-state index is 6.40. The van der Waals surface area contributed by atoms with E-state index in [9.17, 15) is 0 Å². The van der Waals surface area contributed by atoms with E-state index in [1.54, 1.807) is 0 Å². The average Bonchev–Trinajstić information content (AvgIpc) is 2.37. The van der Waals surface area contributed by atoms with Crippen molar-refractivity contribution in [2.75, 3.05) is 19.6 Å². The average molecular weight is 260 g/mol. The number of nitrogens with zero attached hydrogens (tertiary/aromatic N) is 1. The van der Waals surface area contributed by atoms with Crippen LogP contribution in [-0.2, 0) is 0 Å². The Morgan fingerprint density at radius 2 is 1.74 bits per heavy atom. The van der Waals surface area contributed by atoms with Crippen LogP contribution in [0.2, 0.25) is 0 Å². The van der Waals surface area contributed by atoms with Gasteiger partial charge in [0.05, 0.1) is 0 Å². The molecule has 0 spiro atoms. The molecule has 1 fully saturated rings. The summed E-state index contributed by atoms with van der Waals surface area (Å²) in [5.41, 5.74) is 7.66. The molecule has 0 aromatic heterocycles. The van der Waals surface area contributed by atoms with Gasteiger partial charge in [0.25, 0.3) is 0 Å². The van der Waals surface area contributed by atoms with Crippen molar-refractivity contribution in [1.82, 2.24) is 4.90 Å². The Morgan fingerprint density at radius 1 is 1.16 bits per heavy atom. The number of rotatable bonds is 4. The van der Waals surface area contributed by atoms with Crippen molar-refractivity contribution in [3.05, 3.63) is 35.9 Å². The summed E-state index contributed by atoms with van der Waals surface area (Å²) in [5.74, 6) is 2.15. The molecular formula is C17H28N2. The largest absolute Gasteiger partial charge is 0.324 e. The van der Waals surface area contributed by atoms with Crippen LogP contribution in [0.25, 0.3) is 0 Å². The molecule has 0 saturated carbocycles. The highest BCUT2D eigenvalue weighted by Crippen LogP contribution is 2.25. The van der Waals surface area contributed by atoms with Crippen LogP contribution in [-0.4, -0.2) is 24.5 Å². The van der Waals surface area contributed by atoms with Gasteiger partial charge in [-0.2, -0.15) is 0 Å². The van der Waals surface area contributed by atoms with Crippen molar-refractivity contribution < 1.29 is 0 Å². The number of benzene rings is 1. The molecule has 4 atom stereocenters. The molecule has 2 nitrogen and oxygen atoms in total. The minimum absolute atomic E-state index is 0.147. The molecule has 1 aliphatic heterocycles. The van der Waals surface area contributed by atoms with Crippen LogP contribution in [0.3, 0.4) is 0 Å². The number of piperidine rings is 1. The lowest BCUT2D eigenvalue weighted by molar-refractivity contribution is 0.119. The molecular weight excluding hydrogens is 232 g/mol. The van der Waals surface area contributed by atoms with Crippen LogP contribution in [0.4, 0.5) is 0 Å². The maximum Gasteiger partial charge on any atom is 0.0333 e. The minimum atomic E-state index is 0.147. The lowest BCUT2D eigenvalue weighted by atomic mass is 9.89. The van der Waals surface area contributed by atoms with Crippen molar-refractivity contribution >= 4 is 0 Å². The smallest absolute Gasteiger partial charge is 0.0333 e. The summed E-state index contributed by atoms with van der Waals surface area (Å²) >= 11 is 0. The van der Waals surface area contributed by atoms with E-state index in [1.165, 1.54) is 25.1 Å². The summed E-state index contributed by atoms with van der Waals surface area (Å²) in [5, 5.41) is 0. The second-order valence-corrected chi connectivity index (χ2v) is 6.58. The SMILES string of the molecule is CC1CC(C)CN(CC(C)C(N)c2ccccc2)C1. The summed E-state index contributed by atoms with van der Waals surface area (Å²) in [4.78, 5) is 2.60. The quantitative estimate of drug-likeness (QED) is 0.900. The summed E-state index contributed by atoms with van der Waals surface area (Å²) in [7, 11) is 0. The van der Waals surface area contributed by atoms with Gasteiger partial charge < -0.3 is 10.6 Å². The van der Waals surface area contributed by atoms with E-state index < -0.39 is 0 Å². The highest BCUT2D eigenvalue weighted by atomic mass is 15.1. The molecule has 0 amide bonds. The van der Waals surface area contributed by atoms with Crippen LogP contribution >= 0.6 is 0 Å². The van der Waals surface area contributed by atoms with Crippen LogP contribution in [0.5, 0.6) is 0 Å². The van der Waals surface area contributed by atoms with Crippen LogP contribution in [0.15, 0.2) is 30.3 Å². The summed E-state index contributed by atoms with van der Waals surface area (Å²) in [6.07, 6.45) is 1.37. The normalized spacial score (nSPS) is 28.0. The molecule has 1 aliphatic rings. The van der Waals surface area contributed by atoms with E-state index in [2.05, 4.69) is 56.0 Å².